The second-order valence-corrected chi connectivity index (χ2v) is 5.94. The smallest absolute Gasteiger partial charge is 0.119 e. The Morgan fingerprint density at radius 3 is 2.70 bits per heavy atom. The SMILES string of the molecule is COc1ccc(Br)c(CC(O)Cc2cccc(Cl)c2)c1. The fraction of sp³-hybridized carbons (Fsp3) is 0.250. The highest BCUT2D eigenvalue weighted by molar-refractivity contribution is 9.10. The van der Waals surface area contributed by atoms with Crippen LogP contribution in [0.5, 0.6) is 5.75 Å². The van der Waals surface area contributed by atoms with Gasteiger partial charge in [-0.15, -0.1) is 0 Å². The van der Waals surface area contributed by atoms with Crippen molar-refractivity contribution >= 4 is 27.5 Å². The van der Waals surface area contributed by atoms with Crippen LogP contribution < -0.4 is 4.74 Å². The average molecular weight is 356 g/mol. The number of halogens is 2. The highest BCUT2D eigenvalue weighted by Crippen LogP contribution is 2.24. The summed E-state index contributed by atoms with van der Waals surface area (Å²) < 4.78 is 6.18. The van der Waals surface area contributed by atoms with Crippen LogP contribution in [0.2, 0.25) is 5.02 Å². The van der Waals surface area contributed by atoms with Crippen molar-refractivity contribution in [3.05, 3.63) is 63.1 Å². The molecule has 2 nitrogen and oxygen atoms in total. The standard InChI is InChI=1S/C16H16BrClO2/c1-20-15-5-6-16(17)12(10-15)9-14(19)8-11-3-2-4-13(18)7-11/h2-7,10,14,19H,8-9H2,1H3. The van der Waals surface area contributed by atoms with Crippen molar-refractivity contribution in [2.45, 2.75) is 18.9 Å². The number of methoxy groups -OCH3 is 1. The van der Waals surface area contributed by atoms with Crippen LogP contribution in [0, 0.1) is 0 Å². The van der Waals surface area contributed by atoms with Gasteiger partial charge in [-0.3, -0.25) is 0 Å². The zero-order chi connectivity index (χ0) is 14.5. The molecule has 0 aliphatic rings. The Morgan fingerprint density at radius 1 is 1.20 bits per heavy atom. The Morgan fingerprint density at radius 2 is 2.00 bits per heavy atom. The van der Waals surface area contributed by atoms with Gasteiger partial charge in [-0.25, -0.2) is 0 Å². The van der Waals surface area contributed by atoms with Crippen LogP contribution in [0.25, 0.3) is 0 Å². The minimum Gasteiger partial charge on any atom is -0.497 e. The fourth-order valence-electron chi connectivity index (χ4n) is 2.10. The first kappa shape index (κ1) is 15.4. The molecule has 0 spiro atoms. The topological polar surface area (TPSA) is 29.5 Å². The van der Waals surface area contributed by atoms with Crippen molar-refractivity contribution in [3.8, 4) is 5.75 Å². The van der Waals surface area contributed by atoms with Gasteiger partial charge in [-0.05, 0) is 54.3 Å². The Bertz CT molecular complexity index is 586. The number of hydrogen-bond donors (Lipinski definition) is 1. The van der Waals surface area contributed by atoms with E-state index < -0.39 is 6.10 Å². The molecule has 1 atom stereocenters. The Labute approximate surface area is 132 Å². The van der Waals surface area contributed by atoms with Crippen molar-refractivity contribution in [1.29, 1.82) is 0 Å². The van der Waals surface area contributed by atoms with E-state index in [1.54, 1.807) is 7.11 Å². The lowest BCUT2D eigenvalue weighted by atomic mass is 10.0. The molecule has 0 bridgehead atoms. The molecule has 0 amide bonds. The van der Waals surface area contributed by atoms with Gasteiger partial charge in [0.15, 0.2) is 0 Å². The maximum absolute atomic E-state index is 10.2. The van der Waals surface area contributed by atoms with E-state index in [1.807, 2.05) is 42.5 Å². The molecule has 0 aliphatic carbocycles. The fourth-order valence-corrected chi connectivity index (χ4v) is 2.72. The first-order valence-corrected chi connectivity index (χ1v) is 7.50. The predicted molar refractivity (Wildman–Crippen MR) is 85.6 cm³/mol. The van der Waals surface area contributed by atoms with Gasteiger partial charge in [0.25, 0.3) is 0 Å². The monoisotopic (exact) mass is 354 g/mol. The molecule has 0 aromatic heterocycles. The molecule has 106 valence electrons. The number of aliphatic hydroxyl groups is 1. The predicted octanol–water partition coefficient (Wildman–Crippen LogP) is 4.26. The van der Waals surface area contributed by atoms with Crippen molar-refractivity contribution in [2.75, 3.05) is 7.11 Å². The molecule has 0 heterocycles. The van der Waals surface area contributed by atoms with Crippen molar-refractivity contribution < 1.29 is 9.84 Å². The van der Waals surface area contributed by atoms with Crippen LogP contribution in [0.3, 0.4) is 0 Å². The molecule has 1 unspecified atom stereocenters. The second-order valence-electron chi connectivity index (χ2n) is 4.65. The highest BCUT2D eigenvalue weighted by atomic mass is 79.9. The zero-order valence-corrected chi connectivity index (χ0v) is 13.5. The summed E-state index contributed by atoms with van der Waals surface area (Å²) in [5.41, 5.74) is 2.06. The molecule has 2 aromatic rings. The molecule has 20 heavy (non-hydrogen) atoms. The van der Waals surface area contributed by atoms with E-state index in [2.05, 4.69) is 15.9 Å². The molecule has 0 radical (unpaired) electrons. The van der Waals surface area contributed by atoms with Gasteiger partial charge in [-0.2, -0.15) is 0 Å². The van der Waals surface area contributed by atoms with E-state index in [0.29, 0.717) is 17.9 Å². The number of hydrogen-bond acceptors (Lipinski definition) is 2. The lowest BCUT2D eigenvalue weighted by Crippen LogP contribution is -2.14. The van der Waals surface area contributed by atoms with Crippen molar-refractivity contribution in [3.63, 3.8) is 0 Å². The summed E-state index contributed by atoms with van der Waals surface area (Å²) in [6, 6.07) is 13.3. The summed E-state index contributed by atoms with van der Waals surface area (Å²) in [6.45, 7) is 0. The first-order chi connectivity index (χ1) is 9.58. The molecular formula is C16H16BrClO2. The van der Waals surface area contributed by atoms with E-state index in [0.717, 1.165) is 21.3 Å². The van der Waals surface area contributed by atoms with Gasteiger partial charge in [0.05, 0.1) is 13.2 Å². The van der Waals surface area contributed by atoms with Crippen LogP contribution in [0.4, 0.5) is 0 Å². The normalized spacial score (nSPS) is 12.2. The molecule has 0 saturated heterocycles. The molecule has 2 aromatic carbocycles. The van der Waals surface area contributed by atoms with Crippen molar-refractivity contribution in [1.82, 2.24) is 0 Å². The van der Waals surface area contributed by atoms with Gasteiger partial charge >= 0.3 is 0 Å². The van der Waals surface area contributed by atoms with E-state index in [4.69, 9.17) is 16.3 Å². The van der Waals surface area contributed by atoms with Crippen LogP contribution in [0.15, 0.2) is 46.9 Å². The summed E-state index contributed by atoms with van der Waals surface area (Å²) in [7, 11) is 1.63. The van der Waals surface area contributed by atoms with Crippen LogP contribution in [0.1, 0.15) is 11.1 Å². The summed E-state index contributed by atoms with van der Waals surface area (Å²) in [5.74, 6) is 0.790. The Hall–Kier alpha value is -1.03. The van der Waals surface area contributed by atoms with Gasteiger partial charge < -0.3 is 9.84 Å². The minimum atomic E-state index is -0.461. The Balaban J connectivity index is 2.06. The lowest BCUT2D eigenvalue weighted by Gasteiger charge is -2.13. The summed E-state index contributed by atoms with van der Waals surface area (Å²) in [4.78, 5) is 0. The van der Waals surface area contributed by atoms with Crippen LogP contribution >= 0.6 is 27.5 Å². The van der Waals surface area contributed by atoms with Gasteiger partial charge in [0, 0.05) is 9.50 Å². The number of aliphatic hydroxyl groups excluding tert-OH is 1. The van der Waals surface area contributed by atoms with Gasteiger partial charge in [0.1, 0.15) is 5.75 Å². The third-order valence-corrected chi connectivity index (χ3v) is 4.08. The number of benzene rings is 2. The average Bonchev–Trinajstić information content (AvgIpc) is 2.41. The first-order valence-electron chi connectivity index (χ1n) is 6.33. The molecule has 1 N–H and O–H groups in total. The molecule has 4 heteroatoms. The van der Waals surface area contributed by atoms with E-state index in [1.165, 1.54) is 0 Å². The Kier molecular flexibility index (Phi) is 5.46. The van der Waals surface area contributed by atoms with Crippen LogP contribution in [-0.2, 0) is 12.8 Å². The molecule has 0 fully saturated rings. The summed E-state index contributed by atoms with van der Waals surface area (Å²) in [5, 5.41) is 10.9. The quantitative estimate of drug-likeness (QED) is 0.868. The van der Waals surface area contributed by atoms with Gasteiger partial charge in [-0.1, -0.05) is 39.7 Å². The summed E-state index contributed by atoms with van der Waals surface area (Å²) >= 11 is 9.45. The van der Waals surface area contributed by atoms with E-state index in [9.17, 15) is 5.11 Å². The lowest BCUT2D eigenvalue weighted by molar-refractivity contribution is 0.175. The number of rotatable bonds is 5. The maximum Gasteiger partial charge on any atom is 0.119 e. The van der Waals surface area contributed by atoms with E-state index in [-0.39, 0.29) is 0 Å². The molecule has 0 saturated carbocycles. The number of ether oxygens (including phenoxy) is 1. The molecular weight excluding hydrogens is 340 g/mol. The van der Waals surface area contributed by atoms with E-state index >= 15 is 0 Å². The maximum atomic E-state index is 10.2. The third-order valence-electron chi connectivity index (χ3n) is 3.07. The van der Waals surface area contributed by atoms with Crippen LogP contribution in [-0.4, -0.2) is 18.3 Å². The summed E-state index contributed by atoms with van der Waals surface area (Å²) in [6.07, 6.45) is 0.672. The largest absolute Gasteiger partial charge is 0.497 e. The highest BCUT2D eigenvalue weighted by Gasteiger charge is 2.10. The third kappa shape index (κ3) is 4.23. The molecule has 0 aliphatic heterocycles. The zero-order valence-electron chi connectivity index (χ0n) is 11.1. The minimum absolute atomic E-state index is 0.461. The van der Waals surface area contributed by atoms with Crippen molar-refractivity contribution in [2.24, 2.45) is 0 Å². The second kappa shape index (κ2) is 7.11. The molecule has 2 rings (SSSR count). The van der Waals surface area contributed by atoms with Gasteiger partial charge in [0.2, 0.25) is 0 Å².